The van der Waals surface area contributed by atoms with Crippen LogP contribution < -0.4 is 5.73 Å². The van der Waals surface area contributed by atoms with Crippen molar-refractivity contribution in [2.24, 2.45) is 5.73 Å². The average Bonchev–Trinajstić information content (AvgIpc) is 1.99. The van der Waals surface area contributed by atoms with Gasteiger partial charge in [-0.3, -0.25) is 0 Å². The summed E-state index contributed by atoms with van der Waals surface area (Å²) in [5, 5.41) is -0.301. The van der Waals surface area contributed by atoms with Crippen LogP contribution in [0.15, 0.2) is 12.1 Å². The molecule has 14 heavy (non-hydrogen) atoms. The zero-order chi connectivity index (χ0) is 10.9. The third-order valence-electron chi connectivity index (χ3n) is 1.64. The van der Waals surface area contributed by atoms with E-state index in [0.717, 1.165) is 0 Å². The van der Waals surface area contributed by atoms with Crippen molar-refractivity contribution in [2.75, 3.05) is 0 Å². The van der Waals surface area contributed by atoms with Gasteiger partial charge in [0.05, 0.1) is 10.6 Å². The van der Waals surface area contributed by atoms with Crippen LogP contribution in [0.1, 0.15) is 11.1 Å². The molecule has 0 aliphatic carbocycles. The SMILES string of the molecule is NCc1cc(I)cc(Cl)c1C(F)(F)F. The standard InChI is InChI=1S/C8H6ClF3IN/c9-6-2-5(13)1-4(3-14)7(6)8(10,11)12/h1-2H,3,14H2. The van der Waals surface area contributed by atoms with Crippen LogP contribution in [0.5, 0.6) is 0 Å². The van der Waals surface area contributed by atoms with Gasteiger partial charge in [-0.2, -0.15) is 13.2 Å². The predicted molar refractivity (Wildman–Crippen MR) is 57.1 cm³/mol. The van der Waals surface area contributed by atoms with Crippen molar-refractivity contribution in [1.82, 2.24) is 0 Å². The highest BCUT2D eigenvalue weighted by molar-refractivity contribution is 14.1. The van der Waals surface area contributed by atoms with Crippen LogP contribution in [0, 0.1) is 3.57 Å². The van der Waals surface area contributed by atoms with Crippen LogP contribution in [0.3, 0.4) is 0 Å². The minimum absolute atomic E-state index is 0.0226. The summed E-state index contributed by atoms with van der Waals surface area (Å²) in [5.41, 5.74) is 4.41. The number of hydrogen-bond donors (Lipinski definition) is 1. The molecule has 0 saturated heterocycles. The molecule has 1 aromatic rings. The Labute approximate surface area is 97.6 Å². The minimum Gasteiger partial charge on any atom is -0.326 e. The second kappa shape index (κ2) is 4.24. The third-order valence-corrected chi connectivity index (χ3v) is 2.56. The first-order chi connectivity index (χ1) is 6.36. The second-order valence-electron chi connectivity index (χ2n) is 2.62. The van der Waals surface area contributed by atoms with Crippen LogP contribution in [0.2, 0.25) is 5.02 Å². The summed E-state index contributed by atoms with van der Waals surface area (Å²) < 4.78 is 38.1. The molecule has 0 aliphatic rings. The molecule has 0 radical (unpaired) electrons. The maximum atomic E-state index is 12.5. The van der Waals surface area contributed by atoms with E-state index in [2.05, 4.69) is 0 Å². The van der Waals surface area contributed by atoms with Crippen molar-refractivity contribution in [3.8, 4) is 0 Å². The number of benzene rings is 1. The summed E-state index contributed by atoms with van der Waals surface area (Å²) in [7, 11) is 0. The van der Waals surface area contributed by atoms with Gasteiger partial charge in [0.25, 0.3) is 0 Å². The summed E-state index contributed by atoms with van der Waals surface area (Å²) >= 11 is 7.41. The molecule has 2 N–H and O–H groups in total. The number of alkyl halides is 3. The molecular weight excluding hydrogens is 329 g/mol. The molecule has 78 valence electrons. The van der Waals surface area contributed by atoms with E-state index in [1.165, 1.54) is 12.1 Å². The van der Waals surface area contributed by atoms with Crippen LogP contribution in [0.25, 0.3) is 0 Å². The van der Waals surface area contributed by atoms with Gasteiger partial charge < -0.3 is 5.73 Å². The first-order valence-corrected chi connectivity index (χ1v) is 5.07. The van der Waals surface area contributed by atoms with Gasteiger partial charge in [0.1, 0.15) is 0 Å². The van der Waals surface area contributed by atoms with E-state index < -0.39 is 11.7 Å². The molecule has 6 heteroatoms. The van der Waals surface area contributed by atoms with Crippen molar-refractivity contribution >= 4 is 34.2 Å². The van der Waals surface area contributed by atoms with Crippen molar-refractivity contribution in [2.45, 2.75) is 12.7 Å². The van der Waals surface area contributed by atoms with Gasteiger partial charge in [-0.15, -0.1) is 0 Å². The number of rotatable bonds is 1. The van der Waals surface area contributed by atoms with Gasteiger partial charge in [-0.1, -0.05) is 11.6 Å². The lowest BCUT2D eigenvalue weighted by Crippen LogP contribution is -2.13. The fourth-order valence-electron chi connectivity index (χ4n) is 1.11. The third kappa shape index (κ3) is 2.52. The van der Waals surface area contributed by atoms with Crippen LogP contribution in [0.4, 0.5) is 13.2 Å². The molecule has 1 rings (SSSR count). The molecule has 0 unspecified atom stereocenters. The number of hydrogen-bond acceptors (Lipinski definition) is 1. The Hall–Kier alpha value is -0.0100. The number of nitrogens with two attached hydrogens (primary N) is 1. The summed E-state index contributed by atoms with van der Waals surface area (Å²) in [5.74, 6) is 0. The maximum absolute atomic E-state index is 12.5. The predicted octanol–water partition coefficient (Wildman–Crippen LogP) is 3.42. The Morgan fingerprint density at radius 2 is 1.93 bits per heavy atom. The highest BCUT2D eigenvalue weighted by Gasteiger charge is 2.35. The van der Waals surface area contributed by atoms with Gasteiger partial charge >= 0.3 is 6.18 Å². The van der Waals surface area contributed by atoms with Crippen LogP contribution in [-0.2, 0) is 12.7 Å². The van der Waals surface area contributed by atoms with Crippen molar-refractivity contribution in [3.05, 3.63) is 31.9 Å². The lowest BCUT2D eigenvalue weighted by atomic mass is 10.1. The van der Waals surface area contributed by atoms with Crippen LogP contribution in [-0.4, -0.2) is 0 Å². The molecule has 0 spiro atoms. The summed E-state index contributed by atoms with van der Waals surface area (Å²) in [6.45, 7) is -0.175. The Morgan fingerprint density at radius 3 is 2.36 bits per heavy atom. The molecule has 0 bridgehead atoms. The molecule has 0 atom stereocenters. The minimum atomic E-state index is -4.45. The summed E-state index contributed by atoms with van der Waals surface area (Å²) in [6, 6.07) is 2.65. The quantitative estimate of drug-likeness (QED) is 0.782. The second-order valence-corrected chi connectivity index (χ2v) is 4.28. The molecule has 1 nitrogen and oxygen atoms in total. The Kier molecular flexibility index (Phi) is 3.65. The normalized spacial score (nSPS) is 11.9. The molecule has 0 aliphatic heterocycles. The van der Waals surface area contributed by atoms with E-state index in [-0.39, 0.29) is 17.1 Å². The molecule has 1 aromatic carbocycles. The first kappa shape index (κ1) is 12.1. The van der Waals surface area contributed by atoms with Gasteiger partial charge in [0.2, 0.25) is 0 Å². The summed E-state index contributed by atoms with van der Waals surface area (Å²) in [4.78, 5) is 0. The number of halogens is 5. The zero-order valence-electron chi connectivity index (χ0n) is 6.83. The molecule has 0 aromatic heterocycles. The smallest absolute Gasteiger partial charge is 0.326 e. The monoisotopic (exact) mass is 335 g/mol. The van der Waals surface area contributed by atoms with Gasteiger partial charge in [0.15, 0.2) is 0 Å². The topological polar surface area (TPSA) is 26.0 Å². The van der Waals surface area contributed by atoms with Gasteiger partial charge in [0, 0.05) is 10.1 Å². The van der Waals surface area contributed by atoms with Crippen LogP contribution >= 0.6 is 34.2 Å². The average molecular weight is 335 g/mol. The summed E-state index contributed by atoms with van der Waals surface area (Å²) in [6.07, 6.45) is -4.45. The van der Waals surface area contributed by atoms with Crippen molar-refractivity contribution < 1.29 is 13.2 Å². The molecule has 0 heterocycles. The lowest BCUT2D eigenvalue weighted by Gasteiger charge is -2.13. The molecule has 0 saturated carbocycles. The van der Waals surface area contributed by atoms with E-state index in [0.29, 0.717) is 3.57 Å². The van der Waals surface area contributed by atoms with Crippen molar-refractivity contribution in [1.29, 1.82) is 0 Å². The Bertz CT molecular complexity index is 351. The van der Waals surface area contributed by atoms with Crippen molar-refractivity contribution in [3.63, 3.8) is 0 Å². The fourth-order valence-corrected chi connectivity index (χ4v) is 2.32. The highest BCUT2D eigenvalue weighted by atomic mass is 127. The lowest BCUT2D eigenvalue weighted by molar-refractivity contribution is -0.138. The van der Waals surface area contributed by atoms with Gasteiger partial charge in [-0.25, -0.2) is 0 Å². The fraction of sp³-hybridized carbons (Fsp3) is 0.250. The molecular formula is C8H6ClF3IN. The van der Waals surface area contributed by atoms with E-state index in [1.54, 1.807) is 0 Å². The maximum Gasteiger partial charge on any atom is 0.418 e. The Morgan fingerprint density at radius 1 is 1.36 bits per heavy atom. The Balaban J connectivity index is 3.40. The first-order valence-electron chi connectivity index (χ1n) is 3.61. The van der Waals surface area contributed by atoms with E-state index >= 15 is 0 Å². The largest absolute Gasteiger partial charge is 0.418 e. The molecule has 0 amide bonds. The zero-order valence-corrected chi connectivity index (χ0v) is 9.74. The van der Waals surface area contributed by atoms with E-state index in [1.807, 2.05) is 22.6 Å². The van der Waals surface area contributed by atoms with E-state index in [9.17, 15) is 13.2 Å². The van der Waals surface area contributed by atoms with Gasteiger partial charge in [-0.05, 0) is 40.3 Å². The highest BCUT2D eigenvalue weighted by Crippen LogP contribution is 2.37. The van der Waals surface area contributed by atoms with E-state index in [4.69, 9.17) is 17.3 Å². The molecule has 0 fully saturated rings.